The van der Waals surface area contributed by atoms with Crippen molar-refractivity contribution in [3.63, 3.8) is 0 Å². The second kappa shape index (κ2) is 6.46. The van der Waals surface area contributed by atoms with Gasteiger partial charge in [0.15, 0.2) is 0 Å². The van der Waals surface area contributed by atoms with Gasteiger partial charge in [0.1, 0.15) is 0 Å². The highest BCUT2D eigenvalue weighted by Crippen LogP contribution is 2.32. The Morgan fingerprint density at radius 3 is 2.45 bits per heavy atom. The van der Waals surface area contributed by atoms with Crippen LogP contribution in [0, 0.1) is 11.8 Å². The molecule has 0 aromatic heterocycles. The molecule has 1 saturated carbocycles. The van der Waals surface area contributed by atoms with Crippen molar-refractivity contribution in [1.82, 2.24) is 0 Å². The van der Waals surface area contributed by atoms with Crippen LogP contribution in [0.2, 0.25) is 10.0 Å². The van der Waals surface area contributed by atoms with Crippen molar-refractivity contribution in [1.29, 1.82) is 0 Å². The van der Waals surface area contributed by atoms with Crippen molar-refractivity contribution < 1.29 is 14.7 Å². The van der Waals surface area contributed by atoms with E-state index in [1.165, 1.54) is 0 Å². The van der Waals surface area contributed by atoms with Gasteiger partial charge in [-0.05, 0) is 31.0 Å². The molecule has 6 heteroatoms. The zero-order valence-electron chi connectivity index (χ0n) is 10.7. The average Bonchev–Trinajstić information content (AvgIpc) is 2.42. The van der Waals surface area contributed by atoms with Gasteiger partial charge in [-0.1, -0.05) is 36.0 Å². The number of carbonyl (C=O) groups is 2. The summed E-state index contributed by atoms with van der Waals surface area (Å²) in [4.78, 5) is 23.3. The van der Waals surface area contributed by atoms with Gasteiger partial charge in [-0.2, -0.15) is 0 Å². The first-order chi connectivity index (χ1) is 9.49. The molecule has 4 nitrogen and oxygen atoms in total. The number of halogens is 2. The molecule has 1 N–H and O–H groups in total. The van der Waals surface area contributed by atoms with Crippen LogP contribution >= 0.6 is 23.2 Å². The fourth-order valence-electron chi connectivity index (χ4n) is 2.55. The van der Waals surface area contributed by atoms with Gasteiger partial charge in [-0.3, -0.25) is 4.79 Å². The van der Waals surface area contributed by atoms with Crippen molar-refractivity contribution >= 4 is 40.8 Å². The molecule has 1 aromatic carbocycles. The zero-order chi connectivity index (χ0) is 14.7. The van der Waals surface area contributed by atoms with E-state index in [0.29, 0.717) is 28.6 Å². The molecular weight excluding hydrogens is 301 g/mol. The minimum absolute atomic E-state index is 0.344. The van der Waals surface area contributed by atoms with E-state index < -0.39 is 17.8 Å². The second-order valence-electron chi connectivity index (χ2n) is 4.93. The molecule has 0 spiro atoms. The third kappa shape index (κ3) is 3.44. The van der Waals surface area contributed by atoms with Crippen LogP contribution in [0.3, 0.4) is 0 Å². The summed E-state index contributed by atoms with van der Waals surface area (Å²) in [6.45, 7) is 0. The van der Waals surface area contributed by atoms with E-state index in [1.807, 2.05) is 0 Å². The monoisotopic (exact) mass is 314 g/mol. The average molecular weight is 315 g/mol. The summed E-state index contributed by atoms with van der Waals surface area (Å²) >= 11 is 11.8. The molecule has 108 valence electrons. The SMILES string of the molecule is O=C(Nc1cc(Cl)ccc1Cl)[C@H]1CCCC[C@H]1C(=O)[O-]. The van der Waals surface area contributed by atoms with E-state index in [9.17, 15) is 14.7 Å². The molecule has 0 saturated heterocycles. The highest BCUT2D eigenvalue weighted by atomic mass is 35.5. The zero-order valence-corrected chi connectivity index (χ0v) is 12.2. The van der Waals surface area contributed by atoms with Gasteiger partial charge in [0, 0.05) is 22.8 Å². The van der Waals surface area contributed by atoms with E-state index in [2.05, 4.69) is 5.32 Å². The number of rotatable bonds is 3. The van der Waals surface area contributed by atoms with Crippen molar-refractivity contribution in [3.8, 4) is 0 Å². The molecule has 1 fully saturated rings. The minimum atomic E-state index is -1.16. The minimum Gasteiger partial charge on any atom is -0.550 e. The van der Waals surface area contributed by atoms with Gasteiger partial charge < -0.3 is 15.2 Å². The van der Waals surface area contributed by atoms with Crippen molar-refractivity contribution in [2.75, 3.05) is 5.32 Å². The number of carboxylic acid groups (broad SMARTS) is 1. The van der Waals surface area contributed by atoms with Crippen LogP contribution in [0.25, 0.3) is 0 Å². The fraction of sp³-hybridized carbons (Fsp3) is 0.429. The molecular formula is C14H14Cl2NO3-. The predicted molar refractivity (Wildman–Crippen MR) is 75.5 cm³/mol. The standard InChI is InChI=1S/C14H15Cl2NO3/c15-8-5-6-11(16)12(7-8)17-13(18)9-3-1-2-4-10(9)14(19)20/h5-7,9-10H,1-4H2,(H,17,18)(H,19,20)/p-1/t9-,10+/m0/s1. The summed E-state index contributed by atoms with van der Waals surface area (Å²) < 4.78 is 0. The quantitative estimate of drug-likeness (QED) is 0.931. The van der Waals surface area contributed by atoms with Crippen LogP contribution in [-0.2, 0) is 9.59 Å². The summed E-state index contributed by atoms with van der Waals surface area (Å²) in [5.41, 5.74) is 0.395. The maximum atomic E-state index is 12.2. The molecule has 20 heavy (non-hydrogen) atoms. The molecule has 2 rings (SSSR count). The highest BCUT2D eigenvalue weighted by molar-refractivity contribution is 6.35. The first-order valence-corrected chi connectivity index (χ1v) is 7.21. The van der Waals surface area contributed by atoms with Crippen LogP contribution in [0.1, 0.15) is 25.7 Å². The molecule has 1 aromatic rings. The largest absolute Gasteiger partial charge is 0.550 e. The maximum Gasteiger partial charge on any atom is 0.228 e. The number of anilines is 1. The summed E-state index contributed by atoms with van der Waals surface area (Å²) in [6.07, 6.45) is 2.66. The lowest BCUT2D eigenvalue weighted by Gasteiger charge is -2.31. The fourth-order valence-corrected chi connectivity index (χ4v) is 2.88. The van der Waals surface area contributed by atoms with Crippen LogP contribution in [0.5, 0.6) is 0 Å². The van der Waals surface area contributed by atoms with E-state index >= 15 is 0 Å². The lowest BCUT2D eigenvalue weighted by Crippen LogP contribution is -2.42. The Kier molecular flexibility index (Phi) is 4.89. The van der Waals surface area contributed by atoms with E-state index in [-0.39, 0.29) is 5.91 Å². The maximum absolute atomic E-state index is 12.2. The van der Waals surface area contributed by atoms with Gasteiger partial charge >= 0.3 is 0 Å². The molecule has 2 atom stereocenters. The van der Waals surface area contributed by atoms with Gasteiger partial charge in [0.05, 0.1) is 10.7 Å². The van der Waals surface area contributed by atoms with Gasteiger partial charge in [-0.25, -0.2) is 0 Å². The molecule has 1 aliphatic carbocycles. The number of nitrogens with one attached hydrogen (secondary N) is 1. The van der Waals surface area contributed by atoms with E-state index in [4.69, 9.17) is 23.2 Å². The Hall–Kier alpha value is -1.26. The molecule has 0 heterocycles. The van der Waals surface area contributed by atoms with Crippen molar-refractivity contribution in [3.05, 3.63) is 28.2 Å². The van der Waals surface area contributed by atoms with Crippen molar-refractivity contribution in [2.45, 2.75) is 25.7 Å². The molecule has 0 radical (unpaired) electrons. The van der Waals surface area contributed by atoms with Gasteiger partial charge in [-0.15, -0.1) is 0 Å². The third-order valence-electron chi connectivity index (χ3n) is 3.59. The summed E-state index contributed by atoms with van der Waals surface area (Å²) in [6, 6.07) is 4.74. The molecule has 0 aliphatic heterocycles. The first-order valence-electron chi connectivity index (χ1n) is 6.46. The Morgan fingerprint density at radius 1 is 1.15 bits per heavy atom. The molecule has 0 bridgehead atoms. The van der Waals surface area contributed by atoms with Crippen LogP contribution in [-0.4, -0.2) is 11.9 Å². The van der Waals surface area contributed by atoms with E-state index in [0.717, 1.165) is 12.8 Å². The summed E-state index contributed by atoms with van der Waals surface area (Å²) in [5.74, 6) is -2.82. The second-order valence-corrected chi connectivity index (χ2v) is 5.77. The number of hydrogen-bond donors (Lipinski definition) is 1. The Balaban J connectivity index is 2.14. The first kappa shape index (κ1) is 15.1. The number of benzene rings is 1. The summed E-state index contributed by atoms with van der Waals surface area (Å²) in [5, 5.41) is 14.6. The van der Waals surface area contributed by atoms with Crippen LogP contribution in [0.4, 0.5) is 5.69 Å². The highest BCUT2D eigenvalue weighted by Gasteiger charge is 2.32. The number of carboxylic acids is 1. The lowest BCUT2D eigenvalue weighted by molar-refractivity contribution is -0.313. The van der Waals surface area contributed by atoms with Crippen LogP contribution in [0.15, 0.2) is 18.2 Å². The normalized spacial score (nSPS) is 22.3. The topological polar surface area (TPSA) is 69.2 Å². The molecule has 1 amide bonds. The van der Waals surface area contributed by atoms with Gasteiger partial charge in [0.25, 0.3) is 0 Å². The Morgan fingerprint density at radius 2 is 1.80 bits per heavy atom. The summed E-state index contributed by atoms with van der Waals surface area (Å²) in [7, 11) is 0. The molecule has 1 aliphatic rings. The smallest absolute Gasteiger partial charge is 0.228 e. The predicted octanol–water partition coefficient (Wildman–Crippen LogP) is 2.49. The number of hydrogen-bond acceptors (Lipinski definition) is 3. The van der Waals surface area contributed by atoms with Crippen molar-refractivity contribution in [2.24, 2.45) is 11.8 Å². The Labute approximate surface area is 127 Å². The van der Waals surface area contributed by atoms with E-state index in [1.54, 1.807) is 18.2 Å². The number of carbonyl (C=O) groups excluding carboxylic acids is 2. The number of aliphatic carboxylic acids is 1. The lowest BCUT2D eigenvalue weighted by atomic mass is 9.78. The third-order valence-corrected chi connectivity index (χ3v) is 4.16. The Bertz CT molecular complexity index is 533. The molecule has 0 unspecified atom stereocenters. The van der Waals surface area contributed by atoms with Crippen LogP contribution < -0.4 is 10.4 Å². The van der Waals surface area contributed by atoms with Gasteiger partial charge in [0.2, 0.25) is 5.91 Å². The number of amides is 1.